The number of hydroxylamine groups is 2. The van der Waals surface area contributed by atoms with Gasteiger partial charge in [-0.25, -0.2) is 4.79 Å². The Morgan fingerprint density at radius 2 is 1.52 bits per heavy atom. The van der Waals surface area contributed by atoms with E-state index in [2.05, 4.69) is 9.02 Å². The zero-order valence-corrected chi connectivity index (χ0v) is 11.6. The molecule has 0 saturated carbocycles. The Morgan fingerprint density at radius 1 is 1.05 bits per heavy atom. The molecule has 0 bridgehead atoms. The van der Waals surface area contributed by atoms with E-state index >= 15 is 0 Å². The first-order chi connectivity index (χ1) is 9.69. The largest absolute Gasteiger partial charge is 0.448 e. The Labute approximate surface area is 119 Å². The predicted molar refractivity (Wildman–Crippen MR) is 63.3 cm³/mol. The lowest BCUT2D eigenvalue weighted by molar-refractivity contribution is -0.197. The molecule has 0 spiro atoms. The molecule has 0 atom stereocenters. The second-order valence-electron chi connectivity index (χ2n) is 4.14. The first-order valence-corrected chi connectivity index (χ1v) is 7.32. The SMILES string of the molecule is O=C(CCCCC(=O)OS(=O)(=O)O)ON1C(=O)CCC1=O. The first-order valence-electron chi connectivity index (χ1n) is 5.95. The van der Waals surface area contributed by atoms with Gasteiger partial charge in [0.15, 0.2) is 0 Å². The fourth-order valence-corrected chi connectivity index (χ4v) is 1.82. The Kier molecular flexibility index (Phi) is 5.79. The van der Waals surface area contributed by atoms with Gasteiger partial charge in [0.1, 0.15) is 0 Å². The second kappa shape index (κ2) is 7.13. The molecule has 1 fully saturated rings. The average molecular weight is 323 g/mol. The molecule has 0 aromatic heterocycles. The molecule has 1 heterocycles. The molecule has 0 unspecified atom stereocenters. The van der Waals surface area contributed by atoms with Crippen molar-refractivity contribution in [2.24, 2.45) is 0 Å². The van der Waals surface area contributed by atoms with Crippen molar-refractivity contribution in [2.75, 3.05) is 0 Å². The lowest BCUT2D eigenvalue weighted by Crippen LogP contribution is -2.31. The maximum Gasteiger partial charge on any atom is 0.448 e. The lowest BCUT2D eigenvalue weighted by atomic mass is 10.2. The van der Waals surface area contributed by atoms with Crippen LogP contribution in [-0.4, -0.2) is 41.8 Å². The summed E-state index contributed by atoms with van der Waals surface area (Å²) in [6, 6.07) is 0. The van der Waals surface area contributed by atoms with Crippen molar-refractivity contribution in [2.45, 2.75) is 38.5 Å². The van der Waals surface area contributed by atoms with Crippen LogP contribution >= 0.6 is 0 Å². The molecule has 0 radical (unpaired) electrons. The summed E-state index contributed by atoms with van der Waals surface area (Å²) in [7, 11) is -4.83. The van der Waals surface area contributed by atoms with Crippen LogP contribution in [0.25, 0.3) is 0 Å². The third kappa shape index (κ3) is 6.31. The number of carbonyl (C=O) groups is 4. The summed E-state index contributed by atoms with van der Waals surface area (Å²) in [6.07, 6.45) is -0.257. The zero-order chi connectivity index (χ0) is 16.0. The normalized spacial score (nSPS) is 15.2. The Morgan fingerprint density at radius 3 is 2.00 bits per heavy atom. The number of rotatable bonds is 7. The van der Waals surface area contributed by atoms with Crippen molar-refractivity contribution < 1.29 is 41.2 Å². The van der Waals surface area contributed by atoms with E-state index in [1.807, 2.05) is 0 Å². The Balaban J connectivity index is 2.21. The van der Waals surface area contributed by atoms with E-state index in [9.17, 15) is 27.6 Å². The van der Waals surface area contributed by atoms with E-state index in [1.165, 1.54) is 0 Å². The molecular formula is C10H13NO9S. The van der Waals surface area contributed by atoms with Gasteiger partial charge in [0, 0.05) is 25.7 Å². The third-order valence-electron chi connectivity index (χ3n) is 2.41. The van der Waals surface area contributed by atoms with Gasteiger partial charge in [-0.2, -0.15) is 8.42 Å². The third-order valence-corrected chi connectivity index (χ3v) is 2.81. The molecule has 1 rings (SSSR count). The lowest BCUT2D eigenvalue weighted by Gasteiger charge is -2.12. The van der Waals surface area contributed by atoms with E-state index in [0.29, 0.717) is 5.06 Å². The summed E-state index contributed by atoms with van der Waals surface area (Å²) in [5, 5.41) is 0.412. The van der Waals surface area contributed by atoms with Gasteiger partial charge in [-0.15, -0.1) is 5.06 Å². The van der Waals surface area contributed by atoms with Gasteiger partial charge in [-0.05, 0) is 12.8 Å². The molecule has 10 nitrogen and oxygen atoms in total. The first kappa shape index (κ1) is 17.0. The number of amides is 2. The number of unbranched alkanes of at least 4 members (excludes halogenated alkanes) is 1. The van der Waals surface area contributed by atoms with Crippen molar-refractivity contribution in [3.8, 4) is 0 Å². The van der Waals surface area contributed by atoms with Crippen molar-refractivity contribution in [3.63, 3.8) is 0 Å². The number of imide groups is 1. The van der Waals surface area contributed by atoms with Crippen LogP contribution in [0.4, 0.5) is 0 Å². The standard InChI is InChI=1S/C10H13NO9S/c12-7-5-6-8(13)11(7)19-9(14)3-1-2-4-10(15)20-21(16,17)18/h1-6H2,(H,16,17,18). The van der Waals surface area contributed by atoms with Gasteiger partial charge in [-0.1, -0.05) is 0 Å². The van der Waals surface area contributed by atoms with Crippen LogP contribution in [0, 0.1) is 0 Å². The molecule has 1 aliphatic rings. The smallest absolute Gasteiger partial charge is 0.330 e. The fourth-order valence-electron chi connectivity index (χ4n) is 1.50. The molecule has 2 amide bonds. The van der Waals surface area contributed by atoms with Crippen LogP contribution in [0.1, 0.15) is 38.5 Å². The van der Waals surface area contributed by atoms with E-state index in [-0.39, 0.29) is 38.5 Å². The second-order valence-corrected chi connectivity index (χ2v) is 5.16. The van der Waals surface area contributed by atoms with Crippen LogP contribution in [0.15, 0.2) is 0 Å². The minimum absolute atomic E-state index is 0.00636. The van der Waals surface area contributed by atoms with Crippen molar-refractivity contribution >= 4 is 34.2 Å². The minimum atomic E-state index is -4.83. The Hall–Kier alpha value is -2.01. The van der Waals surface area contributed by atoms with Crippen molar-refractivity contribution in [1.82, 2.24) is 5.06 Å². The molecule has 0 aromatic carbocycles. The predicted octanol–water partition coefficient (Wildman–Crippen LogP) is -0.500. The molecule has 11 heteroatoms. The summed E-state index contributed by atoms with van der Waals surface area (Å²) >= 11 is 0. The topological polar surface area (TPSA) is 144 Å². The zero-order valence-electron chi connectivity index (χ0n) is 10.8. The number of nitrogens with zero attached hydrogens (tertiary/aromatic N) is 1. The van der Waals surface area contributed by atoms with Crippen LogP contribution in [-0.2, 0) is 38.6 Å². The van der Waals surface area contributed by atoms with Crippen LogP contribution in [0.3, 0.4) is 0 Å². The Bertz CT molecular complexity index is 537. The summed E-state index contributed by atoms with van der Waals surface area (Å²) in [4.78, 5) is 49.1. The molecule has 1 aliphatic heterocycles. The number of hydrogen-bond acceptors (Lipinski definition) is 8. The van der Waals surface area contributed by atoms with Crippen molar-refractivity contribution in [1.29, 1.82) is 0 Å². The maximum atomic E-state index is 11.3. The van der Waals surface area contributed by atoms with Gasteiger partial charge >= 0.3 is 22.3 Å². The molecule has 1 N–H and O–H groups in total. The summed E-state index contributed by atoms with van der Waals surface area (Å²) in [5.41, 5.74) is 0. The van der Waals surface area contributed by atoms with Gasteiger partial charge in [0.25, 0.3) is 11.8 Å². The molecular weight excluding hydrogens is 310 g/mol. The summed E-state index contributed by atoms with van der Waals surface area (Å²) in [5.74, 6) is -3.16. The molecule has 21 heavy (non-hydrogen) atoms. The highest BCUT2D eigenvalue weighted by Crippen LogP contribution is 2.13. The highest BCUT2D eigenvalue weighted by Gasteiger charge is 2.32. The summed E-state index contributed by atoms with van der Waals surface area (Å²) < 4.78 is 32.3. The summed E-state index contributed by atoms with van der Waals surface area (Å²) in [6.45, 7) is 0. The van der Waals surface area contributed by atoms with Gasteiger partial charge in [-0.3, -0.25) is 18.9 Å². The highest BCUT2D eigenvalue weighted by molar-refractivity contribution is 7.81. The minimum Gasteiger partial charge on any atom is -0.330 e. The van der Waals surface area contributed by atoms with Gasteiger partial charge in [0.05, 0.1) is 0 Å². The molecule has 0 aromatic rings. The van der Waals surface area contributed by atoms with Crippen LogP contribution in [0.2, 0.25) is 0 Å². The molecule has 0 aliphatic carbocycles. The molecule has 1 saturated heterocycles. The van der Waals surface area contributed by atoms with Crippen LogP contribution in [0.5, 0.6) is 0 Å². The van der Waals surface area contributed by atoms with E-state index in [0.717, 1.165) is 0 Å². The van der Waals surface area contributed by atoms with Gasteiger partial charge in [0.2, 0.25) is 0 Å². The number of carbonyl (C=O) groups excluding carboxylic acids is 4. The van der Waals surface area contributed by atoms with Gasteiger partial charge < -0.3 is 9.02 Å². The van der Waals surface area contributed by atoms with E-state index in [4.69, 9.17) is 4.55 Å². The van der Waals surface area contributed by atoms with E-state index < -0.39 is 34.2 Å². The monoisotopic (exact) mass is 323 g/mol. The van der Waals surface area contributed by atoms with Crippen LogP contribution < -0.4 is 0 Å². The van der Waals surface area contributed by atoms with Crippen molar-refractivity contribution in [3.05, 3.63) is 0 Å². The quantitative estimate of drug-likeness (QED) is 0.372. The molecule has 118 valence electrons. The van der Waals surface area contributed by atoms with E-state index in [1.54, 1.807) is 0 Å². The maximum absolute atomic E-state index is 11.3. The fraction of sp³-hybridized carbons (Fsp3) is 0.600. The number of hydrogen-bond donors (Lipinski definition) is 1. The highest BCUT2D eigenvalue weighted by atomic mass is 32.3. The average Bonchev–Trinajstić information content (AvgIpc) is 2.64.